The van der Waals surface area contributed by atoms with Crippen LogP contribution in [0.4, 0.5) is 0 Å². The van der Waals surface area contributed by atoms with Crippen LogP contribution in [0.1, 0.15) is 49.4 Å². The molecule has 1 aromatic carbocycles. The van der Waals surface area contributed by atoms with Crippen LogP contribution in [0.15, 0.2) is 18.2 Å². The van der Waals surface area contributed by atoms with E-state index in [1.807, 2.05) is 12.1 Å². The fraction of sp³-hybridized carbons (Fsp3) is 0.533. The lowest BCUT2D eigenvalue weighted by atomic mass is 9.84. The Labute approximate surface area is 133 Å². The van der Waals surface area contributed by atoms with Crippen molar-refractivity contribution in [1.82, 2.24) is 5.32 Å². The van der Waals surface area contributed by atoms with Crippen LogP contribution in [0.5, 0.6) is 0 Å². The molecule has 1 saturated carbocycles. The maximum absolute atomic E-state index is 12.3. The highest BCUT2D eigenvalue weighted by Crippen LogP contribution is 2.27. The van der Waals surface area contributed by atoms with Gasteiger partial charge in [-0.05, 0) is 72.4 Å². The molecule has 1 fully saturated rings. The third-order valence-electron chi connectivity index (χ3n) is 3.93. The molecular weight excluding hydrogens is 373 g/mol. The van der Waals surface area contributed by atoms with Crippen LogP contribution in [-0.4, -0.2) is 11.9 Å². The number of halogens is 2. The number of rotatable bonds is 3. The molecule has 1 N–H and O–H groups in total. The molecule has 0 spiro atoms. The van der Waals surface area contributed by atoms with E-state index in [0.717, 1.165) is 22.3 Å². The SMILES string of the molecule is CCC1CCC(NC(=O)c2cc(Cl)ccc2I)CC1. The van der Waals surface area contributed by atoms with E-state index in [1.54, 1.807) is 6.07 Å². The molecular formula is C15H19ClINO. The molecule has 2 nitrogen and oxygen atoms in total. The Bertz CT molecular complexity index is 455. The lowest BCUT2D eigenvalue weighted by Gasteiger charge is -2.28. The molecule has 0 saturated heterocycles. The minimum Gasteiger partial charge on any atom is -0.349 e. The summed E-state index contributed by atoms with van der Waals surface area (Å²) in [6.07, 6.45) is 5.91. The van der Waals surface area contributed by atoms with Gasteiger partial charge in [-0.15, -0.1) is 0 Å². The highest BCUT2D eigenvalue weighted by molar-refractivity contribution is 14.1. The average molecular weight is 392 g/mol. The summed E-state index contributed by atoms with van der Waals surface area (Å²) in [7, 11) is 0. The Hall–Kier alpha value is -0.290. The van der Waals surface area contributed by atoms with Gasteiger partial charge >= 0.3 is 0 Å². The molecule has 2 rings (SSSR count). The summed E-state index contributed by atoms with van der Waals surface area (Å²) in [6.45, 7) is 2.25. The molecule has 19 heavy (non-hydrogen) atoms. The number of amides is 1. The quantitative estimate of drug-likeness (QED) is 0.747. The van der Waals surface area contributed by atoms with Gasteiger partial charge in [0, 0.05) is 14.6 Å². The number of benzene rings is 1. The fourth-order valence-electron chi connectivity index (χ4n) is 2.65. The molecule has 0 unspecified atom stereocenters. The number of carbonyl (C=O) groups excluding carboxylic acids is 1. The second-order valence-electron chi connectivity index (χ2n) is 5.22. The molecule has 4 heteroatoms. The molecule has 0 radical (unpaired) electrons. The third-order valence-corrected chi connectivity index (χ3v) is 5.11. The number of hydrogen-bond acceptors (Lipinski definition) is 1. The molecule has 104 valence electrons. The zero-order valence-corrected chi connectivity index (χ0v) is 14.0. The van der Waals surface area contributed by atoms with Gasteiger partial charge in [0.1, 0.15) is 0 Å². The van der Waals surface area contributed by atoms with Gasteiger partial charge in [0.05, 0.1) is 5.56 Å². The molecule has 0 bridgehead atoms. The minimum absolute atomic E-state index is 0.00634. The zero-order valence-electron chi connectivity index (χ0n) is 11.1. The summed E-state index contributed by atoms with van der Waals surface area (Å²) >= 11 is 8.13. The van der Waals surface area contributed by atoms with Crippen molar-refractivity contribution < 1.29 is 4.79 Å². The standard InChI is InChI=1S/C15H19ClINO/c1-2-10-3-6-12(7-4-10)18-15(19)13-9-11(16)5-8-14(13)17/h5,8-10,12H,2-4,6-7H2,1H3,(H,18,19). The van der Waals surface area contributed by atoms with E-state index < -0.39 is 0 Å². The molecule has 0 atom stereocenters. The number of carbonyl (C=O) groups is 1. The van der Waals surface area contributed by atoms with Gasteiger partial charge in [-0.1, -0.05) is 24.9 Å². The molecule has 1 aliphatic rings. The average Bonchev–Trinajstić information content (AvgIpc) is 2.42. The highest BCUT2D eigenvalue weighted by Gasteiger charge is 2.22. The van der Waals surface area contributed by atoms with Crippen LogP contribution in [0.3, 0.4) is 0 Å². The highest BCUT2D eigenvalue weighted by atomic mass is 127. The molecule has 1 aliphatic carbocycles. The van der Waals surface area contributed by atoms with Gasteiger partial charge in [0.2, 0.25) is 0 Å². The van der Waals surface area contributed by atoms with E-state index in [2.05, 4.69) is 34.8 Å². The lowest BCUT2D eigenvalue weighted by molar-refractivity contribution is 0.0920. The van der Waals surface area contributed by atoms with Crippen molar-refractivity contribution in [2.24, 2.45) is 5.92 Å². The van der Waals surface area contributed by atoms with Gasteiger partial charge in [-0.25, -0.2) is 0 Å². The van der Waals surface area contributed by atoms with E-state index in [0.29, 0.717) is 16.6 Å². The van der Waals surface area contributed by atoms with E-state index in [9.17, 15) is 4.79 Å². The van der Waals surface area contributed by atoms with Crippen molar-refractivity contribution in [1.29, 1.82) is 0 Å². The third kappa shape index (κ3) is 4.09. The summed E-state index contributed by atoms with van der Waals surface area (Å²) < 4.78 is 0.946. The smallest absolute Gasteiger partial charge is 0.252 e. The van der Waals surface area contributed by atoms with Gasteiger partial charge in [-0.3, -0.25) is 4.79 Å². The summed E-state index contributed by atoms with van der Waals surface area (Å²) in [5.74, 6) is 0.853. The van der Waals surface area contributed by atoms with Crippen LogP contribution in [0.25, 0.3) is 0 Å². The molecule has 0 heterocycles. The van der Waals surface area contributed by atoms with E-state index in [1.165, 1.54) is 19.3 Å². The zero-order chi connectivity index (χ0) is 13.8. The van der Waals surface area contributed by atoms with E-state index in [-0.39, 0.29) is 5.91 Å². The minimum atomic E-state index is 0.00634. The van der Waals surface area contributed by atoms with Crippen LogP contribution in [0.2, 0.25) is 5.02 Å². The first-order chi connectivity index (χ1) is 9.10. The number of nitrogens with one attached hydrogen (secondary N) is 1. The molecule has 0 aromatic heterocycles. The molecule has 1 aromatic rings. The van der Waals surface area contributed by atoms with Crippen molar-refractivity contribution in [2.45, 2.75) is 45.1 Å². The van der Waals surface area contributed by atoms with E-state index in [4.69, 9.17) is 11.6 Å². The summed E-state index contributed by atoms with van der Waals surface area (Å²) in [6, 6.07) is 5.76. The normalized spacial score (nSPS) is 23.1. The fourth-order valence-corrected chi connectivity index (χ4v) is 3.40. The number of hydrogen-bond donors (Lipinski definition) is 1. The van der Waals surface area contributed by atoms with Gasteiger partial charge in [0.15, 0.2) is 0 Å². The van der Waals surface area contributed by atoms with Crippen molar-refractivity contribution in [3.8, 4) is 0 Å². The Balaban J connectivity index is 1.96. The predicted molar refractivity (Wildman–Crippen MR) is 87.7 cm³/mol. The maximum Gasteiger partial charge on any atom is 0.252 e. The van der Waals surface area contributed by atoms with Crippen LogP contribution >= 0.6 is 34.2 Å². The summed E-state index contributed by atoms with van der Waals surface area (Å²) in [4.78, 5) is 12.3. The van der Waals surface area contributed by atoms with Gasteiger partial charge in [0.25, 0.3) is 5.91 Å². The Morgan fingerprint density at radius 1 is 1.37 bits per heavy atom. The Kier molecular flexibility index (Phi) is 5.51. The second-order valence-corrected chi connectivity index (χ2v) is 6.82. The largest absolute Gasteiger partial charge is 0.349 e. The molecule has 0 aliphatic heterocycles. The Morgan fingerprint density at radius 2 is 2.05 bits per heavy atom. The van der Waals surface area contributed by atoms with Gasteiger partial charge < -0.3 is 5.32 Å². The monoisotopic (exact) mass is 391 g/mol. The lowest BCUT2D eigenvalue weighted by Crippen LogP contribution is -2.37. The van der Waals surface area contributed by atoms with Crippen LogP contribution < -0.4 is 5.32 Å². The molecule has 1 amide bonds. The maximum atomic E-state index is 12.3. The van der Waals surface area contributed by atoms with Crippen molar-refractivity contribution in [3.63, 3.8) is 0 Å². The van der Waals surface area contributed by atoms with Crippen molar-refractivity contribution in [2.75, 3.05) is 0 Å². The topological polar surface area (TPSA) is 29.1 Å². The Morgan fingerprint density at radius 3 is 2.68 bits per heavy atom. The van der Waals surface area contributed by atoms with Gasteiger partial charge in [-0.2, -0.15) is 0 Å². The first-order valence-electron chi connectivity index (χ1n) is 6.86. The van der Waals surface area contributed by atoms with Crippen molar-refractivity contribution in [3.05, 3.63) is 32.4 Å². The summed E-state index contributed by atoms with van der Waals surface area (Å²) in [5, 5.41) is 3.76. The predicted octanol–water partition coefficient (Wildman–Crippen LogP) is 4.64. The van der Waals surface area contributed by atoms with E-state index >= 15 is 0 Å². The first-order valence-corrected chi connectivity index (χ1v) is 8.31. The summed E-state index contributed by atoms with van der Waals surface area (Å²) in [5.41, 5.74) is 0.686. The van der Waals surface area contributed by atoms with Crippen LogP contribution in [-0.2, 0) is 0 Å². The second kappa shape index (κ2) is 6.93. The van der Waals surface area contributed by atoms with Crippen LogP contribution in [0, 0.1) is 9.49 Å². The van der Waals surface area contributed by atoms with Crippen molar-refractivity contribution >= 4 is 40.1 Å². The first kappa shape index (κ1) is 15.1.